The molecule has 13 heteroatoms. The van der Waals surface area contributed by atoms with E-state index in [2.05, 4.69) is 15.6 Å². The van der Waals surface area contributed by atoms with Crippen molar-refractivity contribution in [3.05, 3.63) is 111 Å². The summed E-state index contributed by atoms with van der Waals surface area (Å²) in [5.74, 6) is -0.438. The average molecular weight is 633 g/mol. The van der Waals surface area contributed by atoms with E-state index in [4.69, 9.17) is 30.4 Å². The molecule has 1 heterocycles. The largest absolute Gasteiger partial charge is 0.488 e. The summed E-state index contributed by atoms with van der Waals surface area (Å²) in [6.07, 6.45) is 0. The number of hydrogen-bond donors (Lipinski definition) is 2. The fourth-order valence-electron chi connectivity index (χ4n) is 4.59. The van der Waals surface area contributed by atoms with Gasteiger partial charge in [-0.25, -0.2) is 4.63 Å². The number of aliphatic hydroxyl groups excluding tert-OH is 1. The highest BCUT2D eigenvalue weighted by Crippen LogP contribution is 2.37. The zero-order valence-corrected chi connectivity index (χ0v) is 24.9. The smallest absolute Gasteiger partial charge is 0.325 e. The molecule has 0 saturated carbocycles. The Hall–Kier alpha value is -5.04. The highest BCUT2D eigenvalue weighted by atomic mass is 35.5. The van der Waals surface area contributed by atoms with Crippen LogP contribution in [0.5, 0.6) is 11.5 Å². The topological polar surface area (TPSA) is 159 Å². The van der Waals surface area contributed by atoms with Gasteiger partial charge in [-0.2, -0.15) is 0 Å². The SMILES string of the molecule is CCOC(=O)[C@@H](CO)NCc1cc([N+](=O)[O-])c(OCc2cccc(-c3ccccc3)c2Cl)cc1OCc1ccc2nonc2c1. The number of nitrogens with zero attached hydrogens (tertiary/aromatic N) is 3. The van der Waals surface area contributed by atoms with Crippen LogP contribution in [0.15, 0.2) is 83.5 Å². The average Bonchev–Trinajstić information content (AvgIpc) is 3.52. The summed E-state index contributed by atoms with van der Waals surface area (Å²) < 4.78 is 21.9. The van der Waals surface area contributed by atoms with Crippen molar-refractivity contribution < 1.29 is 33.7 Å². The predicted octanol–water partition coefficient (Wildman–Crippen LogP) is 5.62. The van der Waals surface area contributed by atoms with E-state index in [9.17, 15) is 20.0 Å². The molecule has 1 aromatic heterocycles. The lowest BCUT2D eigenvalue weighted by Gasteiger charge is -2.18. The first kappa shape index (κ1) is 31.4. The molecule has 4 aromatic carbocycles. The molecule has 0 fully saturated rings. The molecular formula is C32H29ClN4O8. The van der Waals surface area contributed by atoms with Crippen molar-refractivity contribution in [2.45, 2.75) is 32.7 Å². The first-order valence-electron chi connectivity index (χ1n) is 14.0. The second-order valence-corrected chi connectivity index (χ2v) is 10.2. The monoisotopic (exact) mass is 632 g/mol. The van der Waals surface area contributed by atoms with Gasteiger partial charge in [0.1, 0.15) is 36.0 Å². The molecule has 5 aromatic rings. The Balaban J connectivity index is 1.44. The quantitative estimate of drug-likeness (QED) is 0.0888. The summed E-state index contributed by atoms with van der Waals surface area (Å²) in [6, 6.07) is 22.1. The molecule has 12 nitrogen and oxygen atoms in total. The number of aromatic nitrogens is 2. The van der Waals surface area contributed by atoms with E-state index in [1.165, 1.54) is 12.1 Å². The number of nitro benzene ring substituents is 1. The van der Waals surface area contributed by atoms with Gasteiger partial charge in [-0.15, -0.1) is 0 Å². The fraction of sp³-hybridized carbons (Fsp3) is 0.219. The number of nitro groups is 1. The number of hydrogen-bond acceptors (Lipinski definition) is 11. The molecule has 45 heavy (non-hydrogen) atoms. The van der Waals surface area contributed by atoms with Gasteiger partial charge in [0.2, 0.25) is 5.75 Å². The summed E-state index contributed by atoms with van der Waals surface area (Å²) in [7, 11) is 0. The third kappa shape index (κ3) is 7.55. The number of carbonyl (C=O) groups excluding carboxylic acids is 1. The molecule has 0 aliphatic carbocycles. The third-order valence-electron chi connectivity index (χ3n) is 6.89. The molecule has 0 unspecified atom stereocenters. The standard InChI is InChI=1S/C32H29ClN4O8/c1-2-42-32(39)27(17-38)34-16-23-14-28(37(40)41)30(15-29(23)43-18-20-11-12-25-26(13-20)36-45-35-25)44-19-22-9-6-10-24(31(22)33)21-7-4-3-5-8-21/h3-15,27,34,38H,2,16-19H2,1H3/t27-/m1/s1. The fourth-order valence-corrected chi connectivity index (χ4v) is 4.88. The highest BCUT2D eigenvalue weighted by molar-refractivity contribution is 6.34. The first-order chi connectivity index (χ1) is 21.9. The Morgan fingerprint density at radius 2 is 1.76 bits per heavy atom. The highest BCUT2D eigenvalue weighted by Gasteiger charge is 2.24. The van der Waals surface area contributed by atoms with Crippen molar-refractivity contribution in [3.8, 4) is 22.6 Å². The Kier molecular flexibility index (Phi) is 10.2. The van der Waals surface area contributed by atoms with E-state index < -0.39 is 23.5 Å². The molecule has 0 bridgehead atoms. The summed E-state index contributed by atoms with van der Waals surface area (Å²) in [4.78, 5) is 23.8. The van der Waals surface area contributed by atoms with E-state index in [1.807, 2.05) is 42.5 Å². The lowest BCUT2D eigenvalue weighted by atomic mass is 10.0. The number of benzene rings is 4. The predicted molar refractivity (Wildman–Crippen MR) is 165 cm³/mol. The third-order valence-corrected chi connectivity index (χ3v) is 7.34. The summed E-state index contributed by atoms with van der Waals surface area (Å²) >= 11 is 6.73. The van der Waals surface area contributed by atoms with E-state index in [0.29, 0.717) is 27.2 Å². The molecule has 5 rings (SSSR count). The Labute approximate surface area is 262 Å². The molecule has 2 N–H and O–H groups in total. The maximum atomic E-state index is 12.2. The van der Waals surface area contributed by atoms with Crippen molar-refractivity contribution >= 4 is 34.3 Å². The van der Waals surface area contributed by atoms with Crippen LogP contribution in [0.1, 0.15) is 23.6 Å². The number of rotatable bonds is 14. The first-order valence-corrected chi connectivity index (χ1v) is 14.4. The molecule has 0 amide bonds. The summed E-state index contributed by atoms with van der Waals surface area (Å²) in [6.45, 7) is 1.21. The molecule has 0 radical (unpaired) electrons. The minimum Gasteiger partial charge on any atom is -0.488 e. The van der Waals surface area contributed by atoms with Gasteiger partial charge in [0.25, 0.3) is 0 Å². The molecule has 0 spiro atoms. The van der Waals surface area contributed by atoms with Crippen LogP contribution in [-0.4, -0.2) is 45.6 Å². The normalized spacial score (nSPS) is 11.7. The maximum Gasteiger partial charge on any atom is 0.325 e. The number of halogens is 1. The molecule has 0 aliphatic heterocycles. The van der Waals surface area contributed by atoms with Gasteiger partial charge >= 0.3 is 11.7 Å². The van der Waals surface area contributed by atoms with Crippen LogP contribution in [-0.2, 0) is 29.3 Å². The Bertz CT molecular complexity index is 1800. The van der Waals surface area contributed by atoms with Gasteiger partial charge in [-0.1, -0.05) is 66.2 Å². The van der Waals surface area contributed by atoms with Gasteiger partial charge in [0.15, 0.2) is 0 Å². The maximum absolute atomic E-state index is 12.2. The molecule has 0 saturated heterocycles. The number of esters is 1. The van der Waals surface area contributed by atoms with Crippen LogP contribution in [0.3, 0.4) is 0 Å². The second-order valence-electron chi connectivity index (χ2n) is 9.86. The lowest BCUT2D eigenvalue weighted by Crippen LogP contribution is -2.40. The van der Waals surface area contributed by atoms with Crippen LogP contribution >= 0.6 is 11.6 Å². The van der Waals surface area contributed by atoms with Gasteiger partial charge in [-0.3, -0.25) is 20.2 Å². The number of aliphatic hydroxyl groups is 1. The zero-order chi connectivity index (χ0) is 31.8. The van der Waals surface area contributed by atoms with Crippen molar-refractivity contribution in [1.82, 2.24) is 15.6 Å². The van der Waals surface area contributed by atoms with Crippen molar-refractivity contribution in [3.63, 3.8) is 0 Å². The van der Waals surface area contributed by atoms with E-state index >= 15 is 0 Å². The van der Waals surface area contributed by atoms with Crippen LogP contribution in [0.2, 0.25) is 5.02 Å². The van der Waals surface area contributed by atoms with Gasteiger partial charge in [0, 0.05) is 35.4 Å². The van der Waals surface area contributed by atoms with Crippen molar-refractivity contribution in [1.29, 1.82) is 0 Å². The van der Waals surface area contributed by atoms with Crippen LogP contribution < -0.4 is 14.8 Å². The molecule has 0 aliphatic rings. The van der Waals surface area contributed by atoms with Gasteiger partial charge in [-0.05, 0) is 40.5 Å². The Morgan fingerprint density at radius 1 is 0.978 bits per heavy atom. The van der Waals surface area contributed by atoms with E-state index in [0.717, 1.165) is 16.7 Å². The zero-order valence-electron chi connectivity index (χ0n) is 24.1. The van der Waals surface area contributed by atoms with Crippen molar-refractivity contribution in [2.75, 3.05) is 13.2 Å². The number of fused-ring (bicyclic) bond motifs is 1. The summed E-state index contributed by atoms with van der Waals surface area (Å²) in [5, 5.41) is 32.9. The minimum atomic E-state index is -1.05. The van der Waals surface area contributed by atoms with Crippen LogP contribution in [0.25, 0.3) is 22.2 Å². The minimum absolute atomic E-state index is 0.0415. The molecule has 1 atom stereocenters. The number of ether oxygens (including phenoxy) is 3. The lowest BCUT2D eigenvalue weighted by molar-refractivity contribution is -0.386. The van der Waals surface area contributed by atoms with E-state index in [1.54, 1.807) is 31.2 Å². The van der Waals surface area contributed by atoms with Crippen molar-refractivity contribution in [2.24, 2.45) is 0 Å². The molecular weight excluding hydrogens is 604 g/mol. The van der Waals surface area contributed by atoms with Crippen LogP contribution in [0, 0.1) is 10.1 Å². The van der Waals surface area contributed by atoms with Gasteiger partial charge < -0.3 is 19.3 Å². The molecule has 232 valence electrons. The number of nitrogens with one attached hydrogen (secondary N) is 1. The number of carbonyl (C=O) groups is 1. The van der Waals surface area contributed by atoms with Crippen LogP contribution in [0.4, 0.5) is 5.69 Å². The Morgan fingerprint density at radius 3 is 2.51 bits per heavy atom. The van der Waals surface area contributed by atoms with E-state index in [-0.39, 0.29) is 43.6 Å². The summed E-state index contributed by atoms with van der Waals surface area (Å²) in [5.41, 5.74) is 4.26. The van der Waals surface area contributed by atoms with Gasteiger partial charge in [0.05, 0.1) is 23.2 Å². The second kappa shape index (κ2) is 14.6.